The van der Waals surface area contributed by atoms with Gasteiger partial charge < -0.3 is 15.3 Å². The van der Waals surface area contributed by atoms with Gasteiger partial charge >= 0.3 is 6.03 Å². The van der Waals surface area contributed by atoms with E-state index < -0.39 is 6.10 Å². The Hall–Kier alpha value is -2.57. The lowest BCUT2D eigenvalue weighted by atomic mass is 9.68. The number of aromatic nitrogens is 2. The number of rotatable bonds is 4. The minimum Gasteiger partial charge on any atom is -0.388 e. The Labute approximate surface area is 187 Å². The number of aliphatic hydroxyl groups excluding tert-OH is 1. The molecule has 31 heavy (non-hydrogen) atoms. The van der Waals surface area contributed by atoms with Gasteiger partial charge in [-0.05, 0) is 55.4 Å². The van der Waals surface area contributed by atoms with E-state index in [1.807, 2.05) is 48.2 Å². The summed E-state index contributed by atoms with van der Waals surface area (Å²) >= 11 is 6.29. The summed E-state index contributed by atoms with van der Waals surface area (Å²) in [6.45, 7) is 7.52. The quantitative estimate of drug-likeness (QED) is 0.499. The first-order valence-electron chi connectivity index (χ1n) is 10.7. The minimum atomic E-state index is -0.702. The van der Waals surface area contributed by atoms with Crippen molar-refractivity contribution in [1.82, 2.24) is 15.1 Å². The zero-order valence-corrected chi connectivity index (χ0v) is 18.9. The second-order valence-corrected chi connectivity index (χ2v) is 9.55. The van der Waals surface area contributed by atoms with Gasteiger partial charge in [-0.2, -0.15) is 5.10 Å². The number of nitrogens with zero attached hydrogens (tertiary/aromatic N) is 2. The topological polar surface area (TPSA) is 81.2 Å². The van der Waals surface area contributed by atoms with E-state index in [0.717, 1.165) is 40.6 Å². The van der Waals surface area contributed by atoms with E-state index in [1.54, 1.807) is 6.20 Å². The summed E-state index contributed by atoms with van der Waals surface area (Å²) in [5.41, 5.74) is 3.16. The molecule has 0 radical (unpaired) electrons. The predicted octanol–water partition coefficient (Wildman–Crippen LogP) is 5.53. The second-order valence-electron chi connectivity index (χ2n) is 9.11. The molecule has 2 aromatic carbocycles. The van der Waals surface area contributed by atoms with Crippen molar-refractivity contribution in [2.75, 3.05) is 18.4 Å². The molecule has 2 amide bonds. The van der Waals surface area contributed by atoms with Gasteiger partial charge in [-0.3, -0.25) is 5.10 Å². The summed E-state index contributed by atoms with van der Waals surface area (Å²) in [6.07, 6.45) is 2.68. The molecule has 1 atom stereocenters. The summed E-state index contributed by atoms with van der Waals surface area (Å²) in [7, 11) is 0. The summed E-state index contributed by atoms with van der Waals surface area (Å²) in [6, 6.07) is 11.4. The smallest absolute Gasteiger partial charge is 0.321 e. The lowest BCUT2D eigenvalue weighted by Crippen LogP contribution is -2.45. The first-order valence-corrected chi connectivity index (χ1v) is 11.1. The molecule has 0 spiro atoms. The molecule has 3 N–H and O–H groups in total. The van der Waals surface area contributed by atoms with Gasteiger partial charge in [0, 0.05) is 34.7 Å². The fraction of sp³-hybridized carbons (Fsp3) is 0.417. The summed E-state index contributed by atoms with van der Waals surface area (Å²) in [5.74, 6) is 0.267. The first kappa shape index (κ1) is 21.7. The van der Waals surface area contributed by atoms with Crippen LogP contribution in [-0.2, 0) is 0 Å². The van der Waals surface area contributed by atoms with E-state index in [-0.39, 0.29) is 17.4 Å². The summed E-state index contributed by atoms with van der Waals surface area (Å²) in [5, 5.41) is 22.9. The number of amides is 2. The van der Waals surface area contributed by atoms with Crippen molar-refractivity contribution in [3.63, 3.8) is 0 Å². The maximum atomic E-state index is 12.7. The molecule has 2 heterocycles. The Bertz CT molecular complexity index is 1070. The van der Waals surface area contributed by atoms with Crippen LogP contribution in [0.2, 0.25) is 5.02 Å². The van der Waals surface area contributed by atoms with Crippen LogP contribution < -0.4 is 5.32 Å². The zero-order chi connectivity index (χ0) is 22.2. The highest BCUT2D eigenvalue weighted by Gasteiger charge is 2.40. The van der Waals surface area contributed by atoms with Crippen molar-refractivity contribution in [2.45, 2.75) is 39.7 Å². The van der Waals surface area contributed by atoms with Gasteiger partial charge in [-0.25, -0.2) is 4.79 Å². The number of likely N-dealkylation sites (tertiary alicyclic amines) is 1. The number of carbonyl (C=O) groups excluding carboxylic acids is 1. The Balaban J connectivity index is 1.42. The van der Waals surface area contributed by atoms with E-state index in [1.165, 1.54) is 0 Å². The van der Waals surface area contributed by atoms with E-state index >= 15 is 0 Å². The van der Waals surface area contributed by atoms with Crippen molar-refractivity contribution in [2.24, 2.45) is 11.3 Å². The number of urea groups is 1. The van der Waals surface area contributed by atoms with E-state index in [4.69, 9.17) is 11.6 Å². The third-order valence-corrected chi connectivity index (χ3v) is 6.90. The molecule has 1 saturated heterocycles. The summed E-state index contributed by atoms with van der Waals surface area (Å²) in [4.78, 5) is 14.5. The fourth-order valence-electron chi connectivity index (χ4n) is 4.55. The fourth-order valence-corrected chi connectivity index (χ4v) is 4.79. The van der Waals surface area contributed by atoms with Crippen LogP contribution in [0.15, 0.2) is 42.6 Å². The van der Waals surface area contributed by atoms with Crippen molar-refractivity contribution in [3.8, 4) is 0 Å². The number of H-pyrrole nitrogens is 1. The highest BCUT2D eigenvalue weighted by atomic mass is 35.5. The monoisotopic (exact) mass is 440 g/mol. The van der Waals surface area contributed by atoms with Crippen LogP contribution in [-0.4, -0.2) is 39.3 Å². The molecule has 0 unspecified atom stereocenters. The Morgan fingerprint density at radius 2 is 1.94 bits per heavy atom. The zero-order valence-electron chi connectivity index (χ0n) is 18.2. The molecule has 1 aromatic heterocycles. The molecule has 1 aliphatic rings. The standard InChI is InChI=1S/C24H29ClN4O2/c1-15-4-6-19(7-5-15)27-23(31)29-10-8-17(9-11-29)24(2,3)22(30)20-13-18(25)12-16-14-26-28-21(16)20/h4-7,12-14,17,22,30H,8-11H2,1-3H3,(H,26,28)(H,27,31)/t22-/m1/s1. The van der Waals surface area contributed by atoms with Crippen LogP contribution in [0.1, 0.15) is 43.9 Å². The predicted molar refractivity (Wildman–Crippen MR) is 124 cm³/mol. The van der Waals surface area contributed by atoms with Gasteiger partial charge in [0.1, 0.15) is 0 Å². The van der Waals surface area contributed by atoms with Gasteiger partial charge in [-0.15, -0.1) is 0 Å². The average molecular weight is 441 g/mol. The van der Waals surface area contributed by atoms with Crippen LogP contribution >= 0.6 is 11.6 Å². The number of carbonyl (C=O) groups is 1. The second kappa shape index (κ2) is 8.52. The number of aromatic amines is 1. The highest BCUT2D eigenvalue weighted by Crippen LogP contribution is 2.46. The largest absolute Gasteiger partial charge is 0.388 e. The molecule has 7 heteroatoms. The molecule has 3 aromatic rings. The Morgan fingerprint density at radius 3 is 2.61 bits per heavy atom. The van der Waals surface area contributed by atoms with Crippen LogP contribution in [0.5, 0.6) is 0 Å². The van der Waals surface area contributed by atoms with Gasteiger partial charge in [0.25, 0.3) is 0 Å². The number of hydrogen-bond acceptors (Lipinski definition) is 3. The number of halogens is 1. The van der Waals surface area contributed by atoms with Crippen LogP contribution in [0.25, 0.3) is 10.9 Å². The Morgan fingerprint density at radius 1 is 1.26 bits per heavy atom. The number of nitrogens with one attached hydrogen (secondary N) is 2. The van der Waals surface area contributed by atoms with Crippen LogP contribution in [0.3, 0.4) is 0 Å². The van der Waals surface area contributed by atoms with E-state index in [0.29, 0.717) is 18.1 Å². The molecule has 0 bridgehead atoms. The number of anilines is 1. The number of aryl methyl sites for hydroxylation is 1. The number of benzene rings is 2. The van der Waals surface area contributed by atoms with Gasteiger partial charge in [0.15, 0.2) is 0 Å². The molecule has 1 fully saturated rings. The van der Waals surface area contributed by atoms with E-state index in [2.05, 4.69) is 29.4 Å². The molecule has 1 aliphatic heterocycles. The molecule has 164 valence electrons. The molecule has 6 nitrogen and oxygen atoms in total. The Kier molecular flexibility index (Phi) is 5.95. The molecular formula is C24H29ClN4O2. The van der Waals surface area contributed by atoms with Gasteiger partial charge in [0.05, 0.1) is 17.8 Å². The van der Waals surface area contributed by atoms with E-state index in [9.17, 15) is 9.90 Å². The molecule has 0 aliphatic carbocycles. The van der Waals surface area contributed by atoms with Gasteiger partial charge in [0.2, 0.25) is 0 Å². The first-order chi connectivity index (χ1) is 14.8. The van der Waals surface area contributed by atoms with Crippen LogP contribution in [0.4, 0.5) is 10.5 Å². The van der Waals surface area contributed by atoms with Crippen molar-refractivity contribution >= 4 is 34.2 Å². The highest BCUT2D eigenvalue weighted by molar-refractivity contribution is 6.31. The third kappa shape index (κ3) is 4.41. The van der Waals surface area contributed by atoms with Crippen molar-refractivity contribution in [1.29, 1.82) is 0 Å². The number of piperidine rings is 1. The lowest BCUT2D eigenvalue weighted by molar-refractivity contribution is -0.0138. The lowest BCUT2D eigenvalue weighted by Gasteiger charge is -2.43. The van der Waals surface area contributed by atoms with Crippen molar-refractivity contribution < 1.29 is 9.90 Å². The molecular weight excluding hydrogens is 412 g/mol. The maximum Gasteiger partial charge on any atom is 0.321 e. The van der Waals surface area contributed by atoms with Crippen LogP contribution in [0, 0.1) is 18.3 Å². The normalized spacial score (nSPS) is 16.5. The number of hydrogen-bond donors (Lipinski definition) is 3. The van der Waals surface area contributed by atoms with Crippen molar-refractivity contribution in [3.05, 3.63) is 58.7 Å². The minimum absolute atomic E-state index is 0.0744. The molecule has 0 saturated carbocycles. The SMILES string of the molecule is Cc1ccc(NC(=O)N2CCC(C(C)(C)[C@H](O)c3cc(Cl)cc4cn[nH]c34)CC2)cc1. The maximum absolute atomic E-state index is 12.7. The molecule has 4 rings (SSSR count). The number of fused-ring (bicyclic) bond motifs is 1. The van der Waals surface area contributed by atoms with Gasteiger partial charge in [-0.1, -0.05) is 43.1 Å². The summed E-state index contributed by atoms with van der Waals surface area (Å²) < 4.78 is 0. The average Bonchev–Trinajstić information content (AvgIpc) is 3.22. The third-order valence-electron chi connectivity index (χ3n) is 6.68. The number of aliphatic hydroxyl groups is 1.